The fourth-order valence-corrected chi connectivity index (χ4v) is 2.38. The van der Waals surface area contributed by atoms with Crippen LogP contribution in [0.1, 0.15) is 25.7 Å². The van der Waals surface area contributed by atoms with E-state index >= 15 is 0 Å². The van der Waals surface area contributed by atoms with Gasteiger partial charge in [0.2, 0.25) is 0 Å². The molecule has 0 heterocycles. The van der Waals surface area contributed by atoms with Crippen molar-refractivity contribution in [2.75, 3.05) is 7.05 Å². The van der Waals surface area contributed by atoms with Gasteiger partial charge < -0.3 is 5.32 Å². The van der Waals surface area contributed by atoms with Crippen molar-refractivity contribution >= 4 is 0 Å². The molecule has 0 spiro atoms. The quantitative estimate of drug-likeness (QED) is 0.558. The summed E-state index contributed by atoms with van der Waals surface area (Å²) >= 11 is 0. The van der Waals surface area contributed by atoms with Crippen molar-refractivity contribution < 1.29 is 0 Å². The highest BCUT2D eigenvalue weighted by atomic mass is 14.9. The van der Waals surface area contributed by atoms with Gasteiger partial charge >= 0.3 is 0 Å². The highest BCUT2D eigenvalue weighted by molar-refractivity contribution is 4.93. The monoisotopic (exact) mass is 125 g/mol. The lowest BCUT2D eigenvalue weighted by Gasteiger charge is -2.46. The van der Waals surface area contributed by atoms with Crippen LogP contribution >= 0.6 is 0 Å². The molecule has 1 unspecified atom stereocenters. The Morgan fingerprint density at radius 3 is 2.33 bits per heavy atom. The van der Waals surface area contributed by atoms with Crippen molar-refractivity contribution in [3.63, 3.8) is 0 Å². The van der Waals surface area contributed by atoms with Gasteiger partial charge in [-0.25, -0.2) is 0 Å². The first-order valence-corrected chi connectivity index (χ1v) is 4.07. The van der Waals surface area contributed by atoms with Gasteiger partial charge in [-0.05, 0) is 44.6 Å². The Kier molecular flexibility index (Phi) is 1.26. The van der Waals surface area contributed by atoms with E-state index in [4.69, 9.17) is 0 Å². The zero-order chi connectivity index (χ0) is 6.27. The van der Waals surface area contributed by atoms with Gasteiger partial charge in [0.15, 0.2) is 0 Å². The molecule has 3 fully saturated rings. The van der Waals surface area contributed by atoms with E-state index in [1.807, 2.05) is 0 Å². The van der Waals surface area contributed by atoms with Crippen LogP contribution in [-0.2, 0) is 0 Å². The smallest absolute Gasteiger partial charge is 0.00926 e. The molecule has 0 aliphatic heterocycles. The van der Waals surface area contributed by atoms with Crippen LogP contribution in [0.2, 0.25) is 0 Å². The molecule has 0 aromatic carbocycles. The Morgan fingerprint density at radius 1 is 1.22 bits per heavy atom. The van der Waals surface area contributed by atoms with E-state index in [1.165, 1.54) is 25.7 Å². The topological polar surface area (TPSA) is 12.0 Å². The first-order chi connectivity index (χ1) is 4.40. The van der Waals surface area contributed by atoms with Crippen LogP contribution in [0.5, 0.6) is 0 Å². The third kappa shape index (κ3) is 0.787. The van der Waals surface area contributed by atoms with Gasteiger partial charge in [0.25, 0.3) is 0 Å². The van der Waals surface area contributed by atoms with Crippen LogP contribution < -0.4 is 5.32 Å². The summed E-state index contributed by atoms with van der Waals surface area (Å²) in [6.07, 6.45) is 5.96. The molecule has 1 heteroatoms. The maximum atomic E-state index is 3.39. The molecule has 1 N–H and O–H groups in total. The van der Waals surface area contributed by atoms with E-state index in [0.717, 1.165) is 17.9 Å². The average molecular weight is 125 g/mol. The molecular formula is C8H15N. The van der Waals surface area contributed by atoms with Crippen molar-refractivity contribution in [2.45, 2.75) is 31.7 Å². The molecule has 2 bridgehead atoms. The third-order valence-electron chi connectivity index (χ3n) is 3.10. The van der Waals surface area contributed by atoms with E-state index in [-0.39, 0.29) is 0 Å². The molecule has 3 aliphatic rings. The highest BCUT2D eigenvalue weighted by Gasteiger charge is 2.38. The Morgan fingerprint density at radius 2 is 2.00 bits per heavy atom. The minimum absolute atomic E-state index is 0.870. The molecule has 52 valence electrons. The summed E-state index contributed by atoms with van der Waals surface area (Å²) in [5.41, 5.74) is 0. The second-order valence-corrected chi connectivity index (χ2v) is 3.57. The lowest BCUT2D eigenvalue weighted by Crippen LogP contribution is -2.46. The van der Waals surface area contributed by atoms with Crippen LogP contribution in [0.15, 0.2) is 0 Å². The van der Waals surface area contributed by atoms with Gasteiger partial charge in [-0.1, -0.05) is 0 Å². The molecule has 1 nitrogen and oxygen atoms in total. The first kappa shape index (κ1) is 5.72. The Hall–Kier alpha value is -0.0400. The molecule has 0 aromatic heterocycles. The molecule has 3 rings (SSSR count). The Labute approximate surface area is 56.8 Å². The zero-order valence-electron chi connectivity index (χ0n) is 6.06. The van der Waals surface area contributed by atoms with Gasteiger partial charge in [0, 0.05) is 6.04 Å². The van der Waals surface area contributed by atoms with E-state index in [1.54, 1.807) is 0 Å². The molecule has 3 saturated carbocycles. The van der Waals surface area contributed by atoms with Gasteiger partial charge in [-0.2, -0.15) is 0 Å². The van der Waals surface area contributed by atoms with Gasteiger partial charge in [0.1, 0.15) is 0 Å². The predicted molar refractivity (Wildman–Crippen MR) is 38.3 cm³/mol. The molecule has 0 radical (unpaired) electrons. The van der Waals surface area contributed by atoms with Crippen molar-refractivity contribution in [2.24, 2.45) is 11.8 Å². The Balaban J connectivity index is 1.94. The highest BCUT2D eigenvalue weighted by Crippen LogP contribution is 2.45. The summed E-state index contributed by atoms with van der Waals surface area (Å²) in [7, 11) is 2.10. The second kappa shape index (κ2) is 1.98. The summed E-state index contributed by atoms with van der Waals surface area (Å²) in [6, 6.07) is 0.870. The summed E-state index contributed by atoms with van der Waals surface area (Å²) in [5, 5.41) is 3.39. The second-order valence-electron chi connectivity index (χ2n) is 3.57. The lowest BCUT2D eigenvalue weighted by molar-refractivity contribution is 0.0773. The van der Waals surface area contributed by atoms with Crippen LogP contribution in [0.3, 0.4) is 0 Å². The molecule has 0 saturated heterocycles. The molecule has 1 atom stereocenters. The number of hydrogen-bond acceptors (Lipinski definition) is 1. The van der Waals surface area contributed by atoms with Crippen molar-refractivity contribution in [1.82, 2.24) is 5.32 Å². The fraction of sp³-hybridized carbons (Fsp3) is 1.00. The SMILES string of the molecule is CNC1CCC2CC1C2. The minimum atomic E-state index is 0.870. The van der Waals surface area contributed by atoms with Crippen molar-refractivity contribution in [3.8, 4) is 0 Å². The Bertz CT molecular complexity index is 102. The van der Waals surface area contributed by atoms with Gasteiger partial charge in [-0.3, -0.25) is 0 Å². The van der Waals surface area contributed by atoms with Crippen molar-refractivity contribution in [1.29, 1.82) is 0 Å². The summed E-state index contributed by atoms with van der Waals surface area (Å²) in [5.74, 6) is 2.17. The normalized spacial score (nSPS) is 48.3. The van der Waals surface area contributed by atoms with E-state index in [0.29, 0.717) is 0 Å². The predicted octanol–water partition coefficient (Wildman–Crippen LogP) is 1.39. The number of nitrogens with one attached hydrogen (secondary N) is 1. The van der Waals surface area contributed by atoms with Gasteiger partial charge in [-0.15, -0.1) is 0 Å². The minimum Gasteiger partial charge on any atom is -0.317 e. The summed E-state index contributed by atoms with van der Waals surface area (Å²) in [6.45, 7) is 0. The molecule has 3 aliphatic carbocycles. The summed E-state index contributed by atoms with van der Waals surface area (Å²) in [4.78, 5) is 0. The third-order valence-corrected chi connectivity index (χ3v) is 3.10. The number of hydrogen-bond donors (Lipinski definition) is 1. The maximum absolute atomic E-state index is 3.39. The van der Waals surface area contributed by atoms with Crippen LogP contribution in [0.4, 0.5) is 0 Å². The number of rotatable bonds is 1. The van der Waals surface area contributed by atoms with E-state index in [9.17, 15) is 0 Å². The first-order valence-electron chi connectivity index (χ1n) is 4.07. The van der Waals surface area contributed by atoms with Crippen LogP contribution in [0, 0.1) is 11.8 Å². The van der Waals surface area contributed by atoms with Crippen molar-refractivity contribution in [3.05, 3.63) is 0 Å². The zero-order valence-corrected chi connectivity index (χ0v) is 6.06. The van der Waals surface area contributed by atoms with Crippen LogP contribution in [0.25, 0.3) is 0 Å². The molecular weight excluding hydrogens is 110 g/mol. The summed E-state index contributed by atoms with van der Waals surface area (Å²) < 4.78 is 0. The number of fused-ring (bicyclic) bond motifs is 2. The molecule has 0 aromatic rings. The largest absolute Gasteiger partial charge is 0.317 e. The standard InChI is InChI=1S/C8H15N/c1-9-8-3-2-6-4-7(8)5-6/h6-9H,2-5H2,1H3. The molecule has 9 heavy (non-hydrogen) atoms. The molecule has 0 amide bonds. The lowest BCUT2D eigenvalue weighted by atomic mass is 9.63. The van der Waals surface area contributed by atoms with Crippen LogP contribution in [-0.4, -0.2) is 13.1 Å². The fourth-order valence-electron chi connectivity index (χ4n) is 2.38. The van der Waals surface area contributed by atoms with E-state index in [2.05, 4.69) is 12.4 Å². The van der Waals surface area contributed by atoms with E-state index < -0.39 is 0 Å². The average Bonchev–Trinajstić information content (AvgIpc) is 1.86. The maximum Gasteiger partial charge on any atom is 0.00926 e. The van der Waals surface area contributed by atoms with Gasteiger partial charge in [0.05, 0.1) is 0 Å².